The molecule has 0 fully saturated rings. The van der Waals surface area contributed by atoms with Gasteiger partial charge >= 0.3 is 6.18 Å². The Morgan fingerprint density at radius 1 is 1.19 bits per heavy atom. The van der Waals surface area contributed by atoms with Crippen molar-refractivity contribution in [1.29, 1.82) is 0 Å². The summed E-state index contributed by atoms with van der Waals surface area (Å²) in [5, 5.41) is 14.7. The summed E-state index contributed by atoms with van der Waals surface area (Å²) < 4.78 is 40.6. The molecule has 2 aromatic rings. The summed E-state index contributed by atoms with van der Waals surface area (Å²) in [5.74, 6) is -0.908. The third-order valence-corrected chi connectivity index (χ3v) is 4.35. The Morgan fingerprint density at radius 3 is 2.42 bits per heavy atom. The van der Waals surface area contributed by atoms with Gasteiger partial charge in [0, 0.05) is 17.8 Å². The van der Waals surface area contributed by atoms with Crippen LogP contribution in [0.1, 0.15) is 48.1 Å². The molecule has 1 unspecified atom stereocenters. The van der Waals surface area contributed by atoms with Crippen LogP contribution in [0, 0.1) is 20.8 Å². The molecule has 0 aliphatic carbocycles. The molecular weight excluding hydrogens is 349 g/mol. The molecule has 0 saturated heterocycles. The molecule has 0 aromatic carbocycles. The molecule has 0 aliphatic rings. The molecule has 0 radical (unpaired) electrons. The second kappa shape index (κ2) is 7.46. The Balaban J connectivity index is 2.14. The van der Waals surface area contributed by atoms with E-state index in [1.54, 1.807) is 32.4 Å². The van der Waals surface area contributed by atoms with Crippen molar-refractivity contribution in [2.24, 2.45) is 0 Å². The minimum absolute atomic E-state index is 0.255. The number of carbonyl (C=O) groups excluding carboxylic acids is 1. The van der Waals surface area contributed by atoms with Gasteiger partial charge in [0.2, 0.25) is 5.91 Å². The van der Waals surface area contributed by atoms with Crippen LogP contribution in [0.25, 0.3) is 0 Å². The SMILES string of the molecule is CCn1nnc(C)c1CNC(=O)C(C)c1c(C)nn(CC(F)(F)F)c1C. The molecule has 1 N–H and O–H groups in total. The van der Waals surface area contributed by atoms with Crippen molar-refractivity contribution in [3.8, 4) is 0 Å². The van der Waals surface area contributed by atoms with E-state index in [1.807, 2.05) is 6.92 Å². The zero-order chi connectivity index (χ0) is 19.6. The number of hydrogen-bond donors (Lipinski definition) is 1. The van der Waals surface area contributed by atoms with Crippen molar-refractivity contribution >= 4 is 5.91 Å². The lowest BCUT2D eigenvalue weighted by Crippen LogP contribution is -2.29. The molecule has 0 saturated carbocycles. The maximum absolute atomic E-state index is 12.7. The van der Waals surface area contributed by atoms with E-state index in [0.717, 1.165) is 16.1 Å². The summed E-state index contributed by atoms with van der Waals surface area (Å²) in [5.41, 5.74) is 2.81. The fraction of sp³-hybridized carbons (Fsp3) is 0.625. The number of hydrogen-bond acceptors (Lipinski definition) is 4. The minimum atomic E-state index is -4.37. The number of alkyl halides is 3. The Bertz CT molecular complexity index is 793. The first-order valence-electron chi connectivity index (χ1n) is 8.32. The summed E-state index contributed by atoms with van der Waals surface area (Å²) in [7, 11) is 0. The Labute approximate surface area is 149 Å². The van der Waals surface area contributed by atoms with Gasteiger partial charge in [-0.1, -0.05) is 5.21 Å². The molecule has 10 heteroatoms. The number of amides is 1. The van der Waals surface area contributed by atoms with Gasteiger partial charge in [-0.05, 0) is 34.6 Å². The van der Waals surface area contributed by atoms with Crippen molar-refractivity contribution in [2.75, 3.05) is 0 Å². The van der Waals surface area contributed by atoms with Gasteiger partial charge < -0.3 is 5.32 Å². The monoisotopic (exact) mass is 372 g/mol. The Morgan fingerprint density at radius 2 is 1.85 bits per heavy atom. The number of halogens is 3. The zero-order valence-corrected chi connectivity index (χ0v) is 15.5. The van der Waals surface area contributed by atoms with Gasteiger partial charge in [-0.3, -0.25) is 9.48 Å². The molecule has 0 spiro atoms. The summed E-state index contributed by atoms with van der Waals surface area (Å²) in [6, 6.07) is 0. The number of aromatic nitrogens is 5. The molecule has 2 heterocycles. The van der Waals surface area contributed by atoms with E-state index in [4.69, 9.17) is 0 Å². The van der Waals surface area contributed by atoms with Crippen molar-refractivity contribution in [3.05, 3.63) is 28.3 Å². The van der Waals surface area contributed by atoms with Gasteiger partial charge in [-0.25, -0.2) is 4.68 Å². The molecule has 2 aromatic heterocycles. The highest BCUT2D eigenvalue weighted by Crippen LogP contribution is 2.26. The smallest absolute Gasteiger partial charge is 0.350 e. The van der Waals surface area contributed by atoms with Crippen LogP contribution in [0.3, 0.4) is 0 Å². The normalized spacial score (nSPS) is 13.1. The van der Waals surface area contributed by atoms with Crippen molar-refractivity contribution in [1.82, 2.24) is 30.1 Å². The lowest BCUT2D eigenvalue weighted by Gasteiger charge is -2.14. The second-order valence-corrected chi connectivity index (χ2v) is 6.23. The van der Waals surface area contributed by atoms with Gasteiger partial charge in [-0.2, -0.15) is 18.3 Å². The zero-order valence-electron chi connectivity index (χ0n) is 15.5. The predicted molar refractivity (Wildman–Crippen MR) is 88.5 cm³/mol. The standard InChI is InChI=1S/C16H23F3N6O/c1-6-24-13(10(3)21-23-24)7-20-15(26)9(2)14-11(4)22-25(12(14)5)8-16(17,18)19/h9H,6-8H2,1-5H3,(H,20,26). The van der Waals surface area contributed by atoms with Crippen molar-refractivity contribution < 1.29 is 18.0 Å². The van der Waals surface area contributed by atoms with Crippen LogP contribution in [0.5, 0.6) is 0 Å². The lowest BCUT2D eigenvalue weighted by molar-refractivity contribution is -0.143. The van der Waals surface area contributed by atoms with E-state index in [1.165, 1.54) is 0 Å². The average Bonchev–Trinajstić information content (AvgIpc) is 3.02. The maximum Gasteiger partial charge on any atom is 0.408 e. The highest BCUT2D eigenvalue weighted by molar-refractivity contribution is 5.83. The summed E-state index contributed by atoms with van der Waals surface area (Å²) in [6.07, 6.45) is -4.37. The predicted octanol–water partition coefficient (Wildman–Crippen LogP) is 2.40. The first-order valence-corrected chi connectivity index (χ1v) is 8.32. The second-order valence-electron chi connectivity index (χ2n) is 6.23. The molecule has 26 heavy (non-hydrogen) atoms. The van der Waals surface area contributed by atoms with Gasteiger partial charge in [-0.15, -0.1) is 5.10 Å². The molecule has 1 atom stereocenters. The van der Waals surface area contributed by atoms with Gasteiger partial charge in [0.1, 0.15) is 6.54 Å². The largest absolute Gasteiger partial charge is 0.408 e. The number of nitrogens with zero attached hydrogens (tertiary/aromatic N) is 5. The number of nitrogens with one attached hydrogen (secondary N) is 1. The number of rotatable bonds is 6. The average molecular weight is 372 g/mol. The van der Waals surface area contributed by atoms with Crippen LogP contribution in [0.15, 0.2) is 0 Å². The highest BCUT2D eigenvalue weighted by Gasteiger charge is 2.31. The molecule has 7 nitrogen and oxygen atoms in total. The van der Waals surface area contributed by atoms with Crippen LogP contribution < -0.4 is 5.32 Å². The van der Waals surface area contributed by atoms with Crippen LogP contribution in [-0.4, -0.2) is 36.9 Å². The third kappa shape index (κ3) is 4.23. The van der Waals surface area contributed by atoms with Crippen LogP contribution >= 0.6 is 0 Å². The lowest BCUT2D eigenvalue weighted by atomic mass is 9.98. The molecular formula is C16H23F3N6O. The molecule has 2 rings (SSSR count). The Hall–Kier alpha value is -2.39. The van der Waals surface area contributed by atoms with Gasteiger partial charge in [0.25, 0.3) is 0 Å². The fourth-order valence-electron chi connectivity index (χ4n) is 3.01. The van der Waals surface area contributed by atoms with Gasteiger partial charge in [0.05, 0.1) is 29.5 Å². The van der Waals surface area contributed by atoms with E-state index in [-0.39, 0.29) is 12.5 Å². The van der Waals surface area contributed by atoms with E-state index < -0.39 is 18.6 Å². The van der Waals surface area contributed by atoms with Crippen molar-refractivity contribution in [2.45, 2.75) is 66.3 Å². The molecule has 144 valence electrons. The minimum Gasteiger partial charge on any atom is -0.350 e. The van der Waals surface area contributed by atoms with Crippen LogP contribution in [0.4, 0.5) is 13.2 Å². The highest BCUT2D eigenvalue weighted by atomic mass is 19.4. The molecule has 0 aliphatic heterocycles. The summed E-state index contributed by atoms with van der Waals surface area (Å²) in [4.78, 5) is 12.5. The Kier molecular flexibility index (Phi) is 5.72. The number of carbonyl (C=O) groups is 1. The van der Waals surface area contributed by atoms with E-state index in [0.29, 0.717) is 23.5 Å². The molecule has 0 bridgehead atoms. The van der Waals surface area contributed by atoms with E-state index in [9.17, 15) is 18.0 Å². The fourth-order valence-corrected chi connectivity index (χ4v) is 3.01. The van der Waals surface area contributed by atoms with Crippen LogP contribution in [-0.2, 0) is 24.4 Å². The van der Waals surface area contributed by atoms with Crippen molar-refractivity contribution in [3.63, 3.8) is 0 Å². The third-order valence-electron chi connectivity index (χ3n) is 4.35. The maximum atomic E-state index is 12.7. The van der Waals surface area contributed by atoms with Crippen LogP contribution in [0.2, 0.25) is 0 Å². The summed E-state index contributed by atoms with van der Waals surface area (Å²) >= 11 is 0. The summed E-state index contributed by atoms with van der Waals surface area (Å²) in [6.45, 7) is 8.25. The number of aryl methyl sites for hydroxylation is 3. The molecule has 1 amide bonds. The quantitative estimate of drug-likeness (QED) is 0.845. The first-order chi connectivity index (χ1) is 12.0. The van der Waals surface area contributed by atoms with E-state index in [2.05, 4.69) is 20.7 Å². The topological polar surface area (TPSA) is 77.6 Å². The van der Waals surface area contributed by atoms with E-state index >= 15 is 0 Å². The van der Waals surface area contributed by atoms with Gasteiger partial charge in [0.15, 0.2) is 0 Å². The first kappa shape index (κ1) is 19.9.